The Bertz CT molecular complexity index is 448. The molecule has 0 fully saturated rings. The fourth-order valence-corrected chi connectivity index (χ4v) is 1.89. The van der Waals surface area contributed by atoms with Crippen molar-refractivity contribution in [2.24, 2.45) is 0 Å². The summed E-state index contributed by atoms with van der Waals surface area (Å²) >= 11 is 0. The highest BCUT2D eigenvalue weighted by atomic mass is 35.5. The average molecular weight is 232 g/mol. The first-order valence-corrected chi connectivity index (χ1v) is 5.23. The molecular weight excluding hydrogens is 222 g/mol. The number of sulfone groups is 1. The van der Waals surface area contributed by atoms with Crippen molar-refractivity contribution in [1.29, 1.82) is 0 Å². The van der Waals surface area contributed by atoms with Gasteiger partial charge in [-0.3, -0.25) is 0 Å². The van der Waals surface area contributed by atoms with Crippen LogP contribution in [0.1, 0.15) is 0 Å². The van der Waals surface area contributed by atoms with Crippen LogP contribution in [0.2, 0.25) is 0 Å². The van der Waals surface area contributed by atoms with Gasteiger partial charge in [-0.1, -0.05) is 12.0 Å². The Hall–Kier alpha value is -1.18. The molecule has 0 aliphatic carbocycles. The summed E-state index contributed by atoms with van der Waals surface area (Å²) in [4.78, 5) is 0.172. The fourth-order valence-electron chi connectivity index (χ4n) is 0.901. The second-order valence-corrected chi connectivity index (χ2v) is 4.53. The van der Waals surface area contributed by atoms with Gasteiger partial charge in [-0.25, -0.2) is 8.42 Å². The van der Waals surface area contributed by atoms with Gasteiger partial charge in [0.15, 0.2) is 9.84 Å². The number of benzene rings is 1. The normalized spacial score (nSPS) is 9.93. The highest BCUT2D eigenvalue weighted by molar-refractivity contribution is 7.91. The zero-order valence-electron chi connectivity index (χ0n) is 7.30. The Kier molecular flexibility index (Phi) is 4.48. The molecule has 0 aromatic heterocycles. The first-order valence-electron chi connectivity index (χ1n) is 3.58. The van der Waals surface area contributed by atoms with Crippen LogP contribution in [0.15, 0.2) is 29.2 Å². The standard InChI is InChI=1S/C9H9NO2S.ClH/c1-2-6-13(11,12)9-5-3-4-8(10)7-9;/h1,3-5,7H,6,10H2;1H. The van der Waals surface area contributed by atoms with Crippen molar-refractivity contribution in [3.63, 3.8) is 0 Å². The SMILES string of the molecule is C#CCS(=O)(=O)c1cccc(N)c1.Cl. The maximum absolute atomic E-state index is 11.4. The number of rotatable bonds is 2. The minimum Gasteiger partial charge on any atom is -0.399 e. The van der Waals surface area contributed by atoms with Crippen LogP contribution in [0, 0.1) is 12.3 Å². The first kappa shape index (κ1) is 12.8. The zero-order chi connectivity index (χ0) is 9.90. The summed E-state index contributed by atoms with van der Waals surface area (Å²) in [5.41, 5.74) is 5.85. The maximum atomic E-state index is 11.4. The third-order valence-electron chi connectivity index (χ3n) is 1.49. The highest BCUT2D eigenvalue weighted by Gasteiger charge is 2.11. The lowest BCUT2D eigenvalue weighted by Gasteiger charge is -2.00. The predicted molar refractivity (Wildman–Crippen MR) is 59.0 cm³/mol. The molecule has 0 spiro atoms. The minimum atomic E-state index is -3.35. The molecule has 1 rings (SSSR count). The molecule has 0 heterocycles. The Morgan fingerprint density at radius 1 is 1.43 bits per heavy atom. The summed E-state index contributed by atoms with van der Waals surface area (Å²) in [6.45, 7) is 0. The van der Waals surface area contributed by atoms with Crippen molar-refractivity contribution in [3.05, 3.63) is 24.3 Å². The third-order valence-corrected chi connectivity index (χ3v) is 3.01. The van der Waals surface area contributed by atoms with Crippen molar-refractivity contribution < 1.29 is 8.42 Å². The van der Waals surface area contributed by atoms with E-state index in [4.69, 9.17) is 12.2 Å². The average Bonchev–Trinajstić information content (AvgIpc) is 2.04. The molecule has 1 aromatic rings. The van der Waals surface area contributed by atoms with Crippen LogP contribution in [0.25, 0.3) is 0 Å². The molecular formula is C9H10ClNO2S. The molecule has 0 bridgehead atoms. The van der Waals surface area contributed by atoms with Crippen molar-refractivity contribution >= 4 is 27.9 Å². The van der Waals surface area contributed by atoms with Crippen LogP contribution in [-0.2, 0) is 9.84 Å². The lowest BCUT2D eigenvalue weighted by Crippen LogP contribution is -2.05. The fraction of sp³-hybridized carbons (Fsp3) is 0.111. The Morgan fingerprint density at radius 3 is 2.57 bits per heavy atom. The minimum absolute atomic E-state index is 0. The van der Waals surface area contributed by atoms with Gasteiger partial charge in [0.2, 0.25) is 0 Å². The number of halogens is 1. The van der Waals surface area contributed by atoms with Crippen LogP contribution in [0.3, 0.4) is 0 Å². The van der Waals surface area contributed by atoms with Crippen LogP contribution < -0.4 is 5.73 Å². The molecule has 0 saturated heterocycles. The number of nitrogens with two attached hydrogens (primary N) is 1. The van der Waals surface area contributed by atoms with Crippen molar-refractivity contribution in [3.8, 4) is 12.3 Å². The number of anilines is 1. The van der Waals surface area contributed by atoms with Gasteiger partial charge < -0.3 is 5.73 Å². The van der Waals surface area contributed by atoms with Crippen molar-refractivity contribution in [1.82, 2.24) is 0 Å². The largest absolute Gasteiger partial charge is 0.399 e. The van der Waals surface area contributed by atoms with Crippen LogP contribution >= 0.6 is 12.4 Å². The monoisotopic (exact) mass is 231 g/mol. The molecule has 0 amide bonds. The lowest BCUT2D eigenvalue weighted by molar-refractivity contribution is 0.599. The van der Waals surface area contributed by atoms with E-state index < -0.39 is 9.84 Å². The number of nitrogen functional groups attached to an aromatic ring is 1. The summed E-state index contributed by atoms with van der Waals surface area (Å²) in [5.74, 6) is 1.80. The van der Waals surface area contributed by atoms with Crippen LogP contribution in [-0.4, -0.2) is 14.2 Å². The van der Waals surface area contributed by atoms with E-state index in [1.807, 2.05) is 0 Å². The van der Waals surface area contributed by atoms with E-state index >= 15 is 0 Å². The molecule has 3 nitrogen and oxygen atoms in total. The van der Waals surface area contributed by atoms with Gasteiger partial charge in [-0.2, -0.15) is 0 Å². The van der Waals surface area contributed by atoms with E-state index in [9.17, 15) is 8.42 Å². The topological polar surface area (TPSA) is 60.2 Å². The van der Waals surface area contributed by atoms with Crippen LogP contribution in [0.5, 0.6) is 0 Å². The molecule has 76 valence electrons. The molecule has 0 unspecified atom stereocenters. The van der Waals surface area contributed by atoms with Gasteiger partial charge in [-0.15, -0.1) is 18.8 Å². The van der Waals surface area contributed by atoms with Crippen molar-refractivity contribution in [2.45, 2.75) is 4.90 Å². The van der Waals surface area contributed by atoms with E-state index in [0.717, 1.165) is 0 Å². The summed E-state index contributed by atoms with van der Waals surface area (Å²) in [6.07, 6.45) is 4.93. The molecule has 2 N–H and O–H groups in total. The zero-order valence-corrected chi connectivity index (χ0v) is 8.94. The van der Waals surface area contributed by atoms with E-state index in [0.29, 0.717) is 5.69 Å². The van der Waals surface area contributed by atoms with E-state index in [1.165, 1.54) is 12.1 Å². The van der Waals surface area contributed by atoms with Gasteiger partial charge >= 0.3 is 0 Å². The van der Waals surface area contributed by atoms with Gasteiger partial charge in [0.1, 0.15) is 5.75 Å². The lowest BCUT2D eigenvalue weighted by atomic mass is 10.3. The van der Waals surface area contributed by atoms with Gasteiger partial charge in [0.25, 0.3) is 0 Å². The quantitative estimate of drug-likeness (QED) is 0.613. The van der Waals surface area contributed by atoms with E-state index in [-0.39, 0.29) is 23.1 Å². The molecule has 0 aliphatic heterocycles. The molecule has 5 heteroatoms. The third kappa shape index (κ3) is 2.95. The smallest absolute Gasteiger partial charge is 0.189 e. The van der Waals surface area contributed by atoms with Gasteiger partial charge in [0, 0.05) is 5.69 Å². The summed E-state index contributed by atoms with van der Waals surface area (Å²) in [7, 11) is -3.35. The number of terminal acetylenes is 1. The predicted octanol–water partition coefficient (Wildman–Crippen LogP) is 1.10. The second kappa shape index (κ2) is 4.89. The van der Waals surface area contributed by atoms with Gasteiger partial charge in [0.05, 0.1) is 4.90 Å². The van der Waals surface area contributed by atoms with Gasteiger partial charge in [-0.05, 0) is 18.2 Å². The second-order valence-electron chi connectivity index (χ2n) is 2.54. The Labute approximate surface area is 89.6 Å². The first-order chi connectivity index (χ1) is 6.06. The molecule has 0 saturated carbocycles. The molecule has 0 aliphatic rings. The Balaban J connectivity index is 0.00000169. The number of hydrogen-bond donors (Lipinski definition) is 1. The van der Waals surface area contributed by atoms with E-state index in [2.05, 4.69) is 5.92 Å². The van der Waals surface area contributed by atoms with E-state index in [1.54, 1.807) is 12.1 Å². The highest BCUT2D eigenvalue weighted by Crippen LogP contribution is 2.13. The molecule has 0 radical (unpaired) electrons. The Morgan fingerprint density at radius 2 is 2.07 bits per heavy atom. The summed E-state index contributed by atoms with van der Waals surface area (Å²) in [5, 5.41) is 0. The molecule has 14 heavy (non-hydrogen) atoms. The summed E-state index contributed by atoms with van der Waals surface area (Å²) < 4.78 is 22.8. The molecule has 1 aromatic carbocycles. The number of hydrogen-bond acceptors (Lipinski definition) is 3. The van der Waals surface area contributed by atoms with Crippen molar-refractivity contribution in [2.75, 3.05) is 11.5 Å². The maximum Gasteiger partial charge on any atom is 0.189 e. The summed E-state index contributed by atoms with van der Waals surface area (Å²) in [6, 6.07) is 6.07. The molecule has 0 atom stereocenters. The van der Waals surface area contributed by atoms with Crippen LogP contribution in [0.4, 0.5) is 5.69 Å².